The van der Waals surface area contributed by atoms with Gasteiger partial charge in [-0.1, -0.05) is 110 Å². The van der Waals surface area contributed by atoms with E-state index in [1.165, 1.54) is 48.8 Å². The molecule has 0 bridgehead atoms. The molecule has 0 N–H and O–H groups in total. The van der Waals surface area contributed by atoms with Crippen molar-refractivity contribution >= 4 is 0 Å². The highest BCUT2D eigenvalue weighted by molar-refractivity contribution is 5.45. The minimum atomic E-state index is -0.486. The van der Waals surface area contributed by atoms with Crippen molar-refractivity contribution in [1.29, 1.82) is 0 Å². The van der Waals surface area contributed by atoms with E-state index < -0.39 is 5.60 Å². The van der Waals surface area contributed by atoms with Crippen molar-refractivity contribution in [2.75, 3.05) is 7.11 Å². The number of methoxy groups -OCH3 is 1. The molecule has 1 heterocycles. The molecule has 3 atom stereocenters. The van der Waals surface area contributed by atoms with Gasteiger partial charge in [0.25, 0.3) is 0 Å². The first-order valence-electron chi connectivity index (χ1n) is 11.3. The molecule has 2 aliphatic rings. The van der Waals surface area contributed by atoms with Crippen molar-refractivity contribution in [1.82, 2.24) is 4.90 Å². The molecule has 0 aromatic heterocycles. The average molecular weight is 398 g/mol. The lowest BCUT2D eigenvalue weighted by molar-refractivity contribution is 0.00497. The number of hydrogen-bond donors (Lipinski definition) is 0. The lowest BCUT2D eigenvalue weighted by atomic mass is 9.80. The fraction of sp³-hybridized carbons (Fsp3) is 0.357. The van der Waals surface area contributed by atoms with Gasteiger partial charge in [0.05, 0.1) is 12.1 Å². The second-order valence-electron chi connectivity index (χ2n) is 8.71. The van der Waals surface area contributed by atoms with E-state index >= 15 is 0 Å². The SMILES string of the molecule is COC(c1ccccc1)(c1ccccc1)[C@H]1[C@H](c2ccccc2)N1C1CCCCC1. The van der Waals surface area contributed by atoms with Crippen LogP contribution in [0.25, 0.3) is 0 Å². The highest BCUT2D eigenvalue weighted by atomic mass is 16.5. The maximum atomic E-state index is 6.57. The van der Waals surface area contributed by atoms with Crippen LogP contribution < -0.4 is 0 Å². The van der Waals surface area contributed by atoms with E-state index in [1.807, 2.05) is 7.11 Å². The number of ether oxygens (including phenoxy) is 1. The van der Waals surface area contributed by atoms with Crippen LogP contribution in [0.2, 0.25) is 0 Å². The van der Waals surface area contributed by atoms with Crippen LogP contribution in [-0.2, 0) is 10.3 Å². The molecule has 1 aliphatic carbocycles. The van der Waals surface area contributed by atoms with Gasteiger partial charge in [0.2, 0.25) is 0 Å². The Kier molecular flexibility index (Phi) is 5.45. The molecule has 0 spiro atoms. The highest BCUT2D eigenvalue weighted by Gasteiger charge is 2.63. The van der Waals surface area contributed by atoms with Crippen molar-refractivity contribution in [3.8, 4) is 0 Å². The first-order chi connectivity index (χ1) is 14.9. The Morgan fingerprint density at radius 3 is 1.70 bits per heavy atom. The van der Waals surface area contributed by atoms with Gasteiger partial charge in [-0.05, 0) is 29.5 Å². The highest BCUT2D eigenvalue weighted by Crippen LogP contribution is 2.58. The molecule has 1 saturated heterocycles. The van der Waals surface area contributed by atoms with E-state index in [9.17, 15) is 0 Å². The molecule has 2 nitrogen and oxygen atoms in total. The van der Waals surface area contributed by atoms with E-state index in [0.717, 1.165) is 0 Å². The van der Waals surface area contributed by atoms with Crippen molar-refractivity contribution in [3.05, 3.63) is 108 Å². The van der Waals surface area contributed by atoms with Gasteiger partial charge in [-0.3, -0.25) is 4.90 Å². The third-order valence-corrected chi connectivity index (χ3v) is 7.13. The van der Waals surface area contributed by atoms with Crippen molar-refractivity contribution in [2.24, 2.45) is 0 Å². The molecular weight excluding hydrogens is 366 g/mol. The quantitative estimate of drug-likeness (QED) is 0.450. The smallest absolute Gasteiger partial charge is 0.135 e. The van der Waals surface area contributed by atoms with Gasteiger partial charge in [0, 0.05) is 13.2 Å². The van der Waals surface area contributed by atoms with Crippen LogP contribution in [-0.4, -0.2) is 24.1 Å². The van der Waals surface area contributed by atoms with E-state index in [2.05, 4.69) is 95.9 Å². The van der Waals surface area contributed by atoms with Gasteiger partial charge in [0.1, 0.15) is 5.60 Å². The number of hydrogen-bond acceptors (Lipinski definition) is 2. The Labute approximate surface area is 180 Å². The number of benzene rings is 3. The van der Waals surface area contributed by atoms with Gasteiger partial charge >= 0.3 is 0 Å². The minimum absolute atomic E-state index is 0.290. The molecule has 30 heavy (non-hydrogen) atoms. The number of nitrogens with zero attached hydrogens (tertiary/aromatic N) is 1. The third kappa shape index (κ3) is 3.29. The van der Waals surface area contributed by atoms with Crippen LogP contribution >= 0.6 is 0 Å². The predicted octanol–water partition coefficient (Wildman–Crippen LogP) is 6.33. The molecule has 1 saturated carbocycles. The third-order valence-electron chi connectivity index (χ3n) is 7.13. The van der Waals surface area contributed by atoms with Crippen LogP contribution in [0.4, 0.5) is 0 Å². The van der Waals surface area contributed by atoms with E-state index in [0.29, 0.717) is 12.1 Å². The molecule has 3 aromatic carbocycles. The second-order valence-corrected chi connectivity index (χ2v) is 8.71. The summed E-state index contributed by atoms with van der Waals surface area (Å²) in [5, 5.41) is 0. The van der Waals surface area contributed by atoms with Crippen LogP contribution in [0.5, 0.6) is 0 Å². The van der Waals surface area contributed by atoms with Crippen molar-refractivity contribution in [2.45, 2.75) is 55.8 Å². The maximum Gasteiger partial charge on any atom is 0.135 e. The topological polar surface area (TPSA) is 12.2 Å². The Morgan fingerprint density at radius 2 is 1.20 bits per heavy atom. The zero-order chi connectivity index (χ0) is 20.4. The van der Waals surface area contributed by atoms with Gasteiger partial charge < -0.3 is 4.74 Å². The summed E-state index contributed by atoms with van der Waals surface area (Å²) in [6.07, 6.45) is 6.64. The summed E-state index contributed by atoms with van der Waals surface area (Å²) in [4.78, 5) is 2.76. The minimum Gasteiger partial charge on any atom is -0.367 e. The van der Waals surface area contributed by atoms with E-state index in [4.69, 9.17) is 4.74 Å². The first kappa shape index (κ1) is 19.5. The summed E-state index contributed by atoms with van der Waals surface area (Å²) in [6, 6.07) is 34.0. The molecule has 0 amide bonds. The monoisotopic (exact) mass is 397 g/mol. The zero-order valence-corrected chi connectivity index (χ0v) is 17.8. The molecule has 2 heteroatoms. The molecule has 3 aromatic rings. The Hall–Kier alpha value is -2.42. The summed E-state index contributed by atoms with van der Waals surface area (Å²) in [5.41, 5.74) is 3.40. The van der Waals surface area contributed by atoms with Gasteiger partial charge in [0.15, 0.2) is 0 Å². The molecular formula is C28H31NO. The zero-order valence-electron chi connectivity index (χ0n) is 17.8. The second kappa shape index (κ2) is 8.37. The summed E-state index contributed by atoms with van der Waals surface area (Å²) in [7, 11) is 1.89. The summed E-state index contributed by atoms with van der Waals surface area (Å²) >= 11 is 0. The lowest BCUT2D eigenvalue weighted by Crippen LogP contribution is -2.40. The molecule has 154 valence electrons. The van der Waals surface area contributed by atoms with Crippen LogP contribution in [0.1, 0.15) is 54.8 Å². The van der Waals surface area contributed by atoms with Gasteiger partial charge in [-0.2, -0.15) is 0 Å². The average Bonchev–Trinajstić information content (AvgIpc) is 3.59. The van der Waals surface area contributed by atoms with Crippen molar-refractivity contribution in [3.63, 3.8) is 0 Å². The standard InChI is InChI=1S/C28H31NO/c1-30-28(23-16-8-3-9-17-23,24-18-10-4-11-19-24)27-26(22-14-6-2-7-15-22)29(27)25-20-12-5-13-21-25/h2-4,6-11,14-19,25-27H,5,12-13,20-21H2,1H3/t26-,27+,29?/m0/s1. The summed E-state index contributed by atoms with van der Waals surface area (Å²) in [6.45, 7) is 0. The molecule has 1 unspecified atom stereocenters. The Balaban J connectivity index is 1.65. The molecule has 2 fully saturated rings. The first-order valence-corrected chi connectivity index (χ1v) is 11.3. The van der Waals surface area contributed by atoms with Crippen LogP contribution in [0, 0.1) is 0 Å². The van der Waals surface area contributed by atoms with Crippen molar-refractivity contribution < 1.29 is 4.74 Å². The maximum absolute atomic E-state index is 6.57. The van der Waals surface area contributed by atoms with Gasteiger partial charge in [-0.15, -0.1) is 0 Å². The summed E-state index contributed by atoms with van der Waals surface area (Å²) in [5.74, 6) is 0. The normalized spacial score (nSPS) is 24.5. The predicted molar refractivity (Wildman–Crippen MR) is 122 cm³/mol. The molecule has 5 rings (SSSR count). The Bertz CT molecular complexity index is 895. The fourth-order valence-electron chi connectivity index (χ4n) is 5.75. The van der Waals surface area contributed by atoms with E-state index in [-0.39, 0.29) is 6.04 Å². The van der Waals surface area contributed by atoms with Gasteiger partial charge in [-0.25, -0.2) is 0 Å². The summed E-state index contributed by atoms with van der Waals surface area (Å²) < 4.78 is 6.57. The lowest BCUT2D eigenvalue weighted by Gasteiger charge is -2.35. The largest absolute Gasteiger partial charge is 0.367 e. The van der Waals surface area contributed by atoms with E-state index in [1.54, 1.807) is 0 Å². The molecule has 1 aliphatic heterocycles. The van der Waals surface area contributed by atoms with Crippen LogP contribution in [0.3, 0.4) is 0 Å². The fourth-order valence-corrected chi connectivity index (χ4v) is 5.75. The number of rotatable bonds is 6. The Morgan fingerprint density at radius 1 is 0.700 bits per heavy atom. The van der Waals surface area contributed by atoms with Crippen LogP contribution in [0.15, 0.2) is 91.0 Å². The molecule has 0 radical (unpaired) electrons.